The Hall–Kier alpha value is -1.10. The lowest BCUT2D eigenvalue weighted by atomic mass is 9.92. The molecule has 0 spiro atoms. The van der Waals surface area contributed by atoms with Gasteiger partial charge >= 0.3 is 5.97 Å². The van der Waals surface area contributed by atoms with Gasteiger partial charge in [0.1, 0.15) is 0 Å². The van der Waals surface area contributed by atoms with Crippen LogP contribution in [0.15, 0.2) is 0 Å². The molecule has 0 aromatic rings. The summed E-state index contributed by atoms with van der Waals surface area (Å²) in [5.74, 6) is -1.82. The predicted octanol–water partition coefficient (Wildman–Crippen LogP) is 0.861. The molecule has 18 heavy (non-hydrogen) atoms. The molecule has 1 aliphatic heterocycles. The van der Waals surface area contributed by atoms with Crippen molar-refractivity contribution in [3.05, 3.63) is 0 Å². The summed E-state index contributed by atoms with van der Waals surface area (Å²) in [7, 11) is 0. The lowest BCUT2D eigenvalue weighted by Crippen LogP contribution is -2.49. The molecule has 1 amide bonds. The van der Waals surface area contributed by atoms with Crippen LogP contribution in [0.25, 0.3) is 0 Å². The number of likely N-dealkylation sites (tertiary alicyclic amines) is 1. The number of hydrogen-bond donors (Lipinski definition) is 2. The van der Waals surface area contributed by atoms with Crippen LogP contribution in [0.2, 0.25) is 0 Å². The maximum absolute atomic E-state index is 12.4. The highest BCUT2D eigenvalue weighted by Crippen LogP contribution is 2.34. The van der Waals surface area contributed by atoms with Crippen molar-refractivity contribution in [2.24, 2.45) is 11.8 Å². The van der Waals surface area contributed by atoms with Crippen LogP contribution in [-0.4, -0.2) is 46.2 Å². The lowest BCUT2D eigenvalue weighted by molar-refractivity contribution is -0.151. The summed E-state index contributed by atoms with van der Waals surface area (Å²) < 4.78 is 0. The third-order valence-corrected chi connectivity index (χ3v) is 4.27. The van der Waals surface area contributed by atoms with Gasteiger partial charge in [-0.05, 0) is 32.1 Å². The fourth-order valence-corrected chi connectivity index (χ4v) is 3.24. The summed E-state index contributed by atoms with van der Waals surface area (Å²) >= 11 is 0. The molecule has 0 aromatic carbocycles. The third-order valence-electron chi connectivity index (χ3n) is 4.27. The van der Waals surface area contributed by atoms with E-state index in [-0.39, 0.29) is 24.5 Å². The van der Waals surface area contributed by atoms with E-state index in [1.807, 2.05) is 0 Å². The standard InChI is InChI=1S/C13H21NO4/c15-8-9-4-1-2-7-14(9)12(16)10-5-3-6-11(10)13(17)18/h9-11,15H,1-8H2,(H,17,18)/t9?,10-,11+/m1/s1. The van der Waals surface area contributed by atoms with Crippen molar-refractivity contribution in [3.8, 4) is 0 Å². The topological polar surface area (TPSA) is 77.8 Å². The van der Waals surface area contributed by atoms with Crippen LogP contribution >= 0.6 is 0 Å². The molecule has 2 rings (SSSR count). The van der Waals surface area contributed by atoms with Crippen molar-refractivity contribution < 1.29 is 19.8 Å². The van der Waals surface area contributed by atoms with E-state index in [9.17, 15) is 14.7 Å². The van der Waals surface area contributed by atoms with Crippen LogP contribution in [0.3, 0.4) is 0 Å². The quantitative estimate of drug-likeness (QED) is 0.784. The number of aliphatic hydroxyl groups is 1. The van der Waals surface area contributed by atoms with Gasteiger partial charge < -0.3 is 15.1 Å². The van der Waals surface area contributed by atoms with E-state index >= 15 is 0 Å². The minimum atomic E-state index is -0.858. The molecule has 0 aromatic heterocycles. The monoisotopic (exact) mass is 255 g/mol. The minimum absolute atomic E-state index is 0.0177. The number of rotatable bonds is 3. The van der Waals surface area contributed by atoms with Gasteiger partial charge in [0, 0.05) is 6.54 Å². The van der Waals surface area contributed by atoms with E-state index < -0.39 is 11.9 Å². The number of carboxylic acids is 1. The average molecular weight is 255 g/mol. The number of carbonyl (C=O) groups excluding carboxylic acids is 1. The van der Waals surface area contributed by atoms with E-state index in [1.165, 1.54) is 0 Å². The first-order valence-corrected chi connectivity index (χ1v) is 6.79. The fourth-order valence-electron chi connectivity index (χ4n) is 3.24. The second kappa shape index (κ2) is 5.69. The molecule has 3 atom stereocenters. The summed E-state index contributed by atoms with van der Waals surface area (Å²) in [4.78, 5) is 25.3. The van der Waals surface area contributed by atoms with E-state index in [2.05, 4.69) is 0 Å². The van der Waals surface area contributed by atoms with Crippen LogP contribution in [0.1, 0.15) is 38.5 Å². The molecule has 0 radical (unpaired) electrons. The van der Waals surface area contributed by atoms with Gasteiger partial charge in [0.05, 0.1) is 24.5 Å². The summed E-state index contributed by atoms with van der Waals surface area (Å²) in [6.07, 6.45) is 4.89. The van der Waals surface area contributed by atoms with Crippen LogP contribution in [0, 0.1) is 11.8 Å². The third kappa shape index (κ3) is 2.51. The normalized spacial score (nSPS) is 32.5. The zero-order valence-electron chi connectivity index (χ0n) is 10.5. The Morgan fingerprint density at radius 2 is 1.78 bits per heavy atom. The van der Waals surface area contributed by atoms with Gasteiger partial charge in [-0.2, -0.15) is 0 Å². The first-order valence-electron chi connectivity index (χ1n) is 6.79. The van der Waals surface area contributed by atoms with Crippen molar-refractivity contribution in [2.45, 2.75) is 44.6 Å². The molecule has 0 bridgehead atoms. The van der Waals surface area contributed by atoms with Crippen LogP contribution < -0.4 is 0 Å². The maximum Gasteiger partial charge on any atom is 0.307 e. The molecule has 1 saturated heterocycles. The number of aliphatic hydroxyl groups excluding tert-OH is 1. The summed E-state index contributed by atoms with van der Waals surface area (Å²) in [6, 6.07) is -0.110. The van der Waals surface area contributed by atoms with Gasteiger partial charge in [0.15, 0.2) is 0 Å². The number of nitrogens with zero attached hydrogens (tertiary/aromatic N) is 1. The summed E-state index contributed by atoms with van der Waals surface area (Å²) in [6.45, 7) is 0.642. The van der Waals surface area contributed by atoms with E-state index in [0.29, 0.717) is 19.4 Å². The molecular formula is C13H21NO4. The SMILES string of the molecule is O=C(O)[C@H]1CCC[C@H]1C(=O)N1CCCCC1CO. The lowest BCUT2D eigenvalue weighted by Gasteiger charge is -2.37. The van der Waals surface area contributed by atoms with Gasteiger partial charge in [0.2, 0.25) is 5.91 Å². The summed E-state index contributed by atoms with van der Waals surface area (Å²) in [5, 5.41) is 18.5. The Morgan fingerprint density at radius 1 is 1.06 bits per heavy atom. The van der Waals surface area contributed by atoms with Gasteiger partial charge in [-0.1, -0.05) is 6.42 Å². The molecular weight excluding hydrogens is 234 g/mol. The average Bonchev–Trinajstić information content (AvgIpc) is 2.87. The molecule has 2 N–H and O–H groups in total. The molecule has 5 heteroatoms. The maximum atomic E-state index is 12.4. The Labute approximate surface area is 107 Å². The fraction of sp³-hybridized carbons (Fsp3) is 0.846. The first kappa shape index (κ1) is 13.3. The number of amides is 1. The van der Waals surface area contributed by atoms with Crippen molar-refractivity contribution >= 4 is 11.9 Å². The van der Waals surface area contributed by atoms with E-state index in [1.54, 1.807) is 4.90 Å². The Balaban J connectivity index is 2.07. The zero-order valence-corrected chi connectivity index (χ0v) is 10.5. The molecule has 2 fully saturated rings. The van der Waals surface area contributed by atoms with Gasteiger partial charge in [-0.15, -0.1) is 0 Å². The summed E-state index contributed by atoms with van der Waals surface area (Å²) in [5.41, 5.74) is 0. The van der Waals surface area contributed by atoms with Crippen molar-refractivity contribution in [2.75, 3.05) is 13.2 Å². The molecule has 2 aliphatic rings. The molecule has 1 unspecified atom stereocenters. The van der Waals surface area contributed by atoms with Crippen LogP contribution in [0.4, 0.5) is 0 Å². The first-order chi connectivity index (χ1) is 8.65. The highest BCUT2D eigenvalue weighted by molar-refractivity contribution is 5.85. The molecule has 5 nitrogen and oxygen atoms in total. The van der Waals surface area contributed by atoms with Crippen LogP contribution in [-0.2, 0) is 9.59 Å². The van der Waals surface area contributed by atoms with E-state index in [4.69, 9.17) is 5.11 Å². The molecule has 1 aliphatic carbocycles. The van der Waals surface area contributed by atoms with Crippen molar-refractivity contribution in [1.82, 2.24) is 4.90 Å². The number of carbonyl (C=O) groups is 2. The number of aliphatic carboxylic acids is 1. The van der Waals surface area contributed by atoms with Gasteiger partial charge in [-0.3, -0.25) is 9.59 Å². The smallest absolute Gasteiger partial charge is 0.307 e. The molecule has 102 valence electrons. The second-order valence-electron chi connectivity index (χ2n) is 5.35. The Bertz CT molecular complexity index is 331. The van der Waals surface area contributed by atoms with Gasteiger partial charge in [0.25, 0.3) is 0 Å². The highest BCUT2D eigenvalue weighted by atomic mass is 16.4. The van der Waals surface area contributed by atoms with E-state index in [0.717, 1.165) is 25.7 Å². The number of piperidine rings is 1. The number of carboxylic acid groups (broad SMARTS) is 1. The van der Waals surface area contributed by atoms with Crippen molar-refractivity contribution in [1.29, 1.82) is 0 Å². The van der Waals surface area contributed by atoms with Crippen LogP contribution in [0.5, 0.6) is 0 Å². The van der Waals surface area contributed by atoms with Crippen molar-refractivity contribution in [3.63, 3.8) is 0 Å². The minimum Gasteiger partial charge on any atom is -0.481 e. The predicted molar refractivity (Wildman–Crippen MR) is 64.9 cm³/mol. The largest absolute Gasteiger partial charge is 0.481 e. The van der Waals surface area contributed by atoms with Gasteiger partial charge in [-0.25, -0.2) is 0 Å². The second-order valence-corrected chi connectivity index (χ2v) is 5.35. The highest BCUT2D eigenvalue weighted by Gasteiger charge is 2.41. The Kier molecular flexibility index (Phi) is 4.22. The Morgan fingerprint density at radius 3 is 2.44 bits per heavy atom. The molecule has 1 saturated carbocycles. The zero-order chi connectivity index (χ0) is 13.1. The number of hydrogen-bond acceptors (Lipinski definition) is 3. The molecule has 1 heterocycles.